The third kappa shape index (κ3) is 8.57. The summed E-state index contributed by atoms with van der Waals surface area (Å²) in [7, 11) is 0. The van der Waals surface area contributed by atoms with Crippen molar-refractivity contribution in [1.29, 1.82) is 0 Å². The highest BCUT2D eigenvalue weighted by atomic mass is 79.9. The molecule has 4 aromatic rings. The van der Waals surface area contributed by atoms with Gasteiger partial charge in [-0.1, -0.05) is 18.9 Å². The number of quaternary nitrogens is 1. The van der Waals surface area contributed by atoms with Gasteiger partial charge < -0.3 is 40.4 Å². The zero-order chi connectivity index (χ0) is 34.4. The van der Waals surface area contributed by atoms with Crippen molar-refractivity contribution in [3.63, 3.8) is 0 Å². The molecule has 3 aromatic carbocycles. The van der Waals surface area contributed by atoms with E-state index in [9.17, 15) is 18.4 Å². The number of hydrogen-bond donors (Lipinski definition) is 0. The molecule has 0 N–H and O–H groups in total. The molecule has 7 rings (SSSR count). The van der Waals surface area contributed by atoms with Crippen LogP contribution in [0.15, 0.2) is 71.7 Å². The van der Waals surface area contributed by atoms with Crippen LogP contribution in [0.4, 0.5) is 14.5 Å². The first-order chi connectivity index (χ1) is 23.8. The lowest BCUT2D eigenvalue weighted by atomic mass is 9.85. The summed E-state index contributed by atoms with van der Waals surface area (Å²) in [5.41, 5.74) is 0.693. The van der Waals surface area contributed by atoms with Crippen molar-refractivity contribution in [2.24, 2.45) is 5.92 Å². The van der Waals surface area contributed by atoms with Crippen LogP contribution in [0.5, 0.6) is 11.5 Å². The summed E-state index contributed by atoms with van der Waals surface area (Å²) in [4.78, 5) is 29.0. The third-order valence-corrected chi connectivity index (χ3v) is 10.4. The molecule has 10 heteroatoms. The fraction of sp³-hybridized carbons (Fsp3) is 0.450. The molecule has 0 unspecified atom stereocenters. The van der Waals surface area contributed by atoms with Crippen LogP contribution in [0.3, 0.4) is 0 Å². The average molecular weight is 753 g/mol. The molecule has 3 fully saturated rings. The zero-order valence-corrected chi connectivity index (χ0v) is 30.7. The molecule has 1 aromatic heterocycles. The lowest BCUT2D eigenvalue weighted by Gasteiger charge is -2.49. The second kappa shape index (κ2) is 17.0. The van der Waals surface area contributed by atoms with Crippen molar-refractivity contribution in [3.05, 3.63) is 94.3 Å². The molecule has 4 heterocycles. The van der Waals surface area contributed by atoms with Crippen LogP contribution in [-0.2, 0) is 0 Å². The van der Waals surface area contributed by atoms with Crippen LogP contribution < -0.4 is 36.8 Å². The van der Waals surface area contributed by atoms with Crippen LogP contribution in [0.25, 0.3) is 16.6 Å². The van der Waals surface area contributed by atoms with Crippen molar-refractivity contribution in [2.45, 2.75) is 65.2 Å². The van der Waals surface area contributed by atoms with Gasteiger partial charge in [0.15, 0.2) is 0 Å². The molecule has 0 spiro atoms. The van der Waals surface area contributed by atoms with Gasteiger partial charge in [-0.15, -0.1) is 0 Å². The van der Waals surface area contributed by atoms with Crippen molar-refractivity contribution in [3.8, 4) is 17.2 Å². The predicted molar refractivity (Wildman–Crippen MR) is 190 cm³/mol. The van der Waals surface area contributed by atoms with Gasteiger partial charge in [0.2, 0.25) is 5.43 Å². The molecule has 0 saturated carbocycles. The number of ether oxygens (including phenoxy) is 2. The number of halogens is 3. The maximum atomic E-state index is 14.1. The van der Waals surface area contributed by atoms with E-state index in [1.807, 2.05) is 37.3 Å². The van der Waals surface area contributed by atoms with Crippen molar-refractivity contribution < 1.29 is 44.5 Å². The zero-order valence-electron chi connectivity index (χ0n) is 29.1. The summed E-state index contributed by atoms with van der Waals surface area (Å²) < 4.78 is 43.3. The van der Waals surface area contributed by atoms with Crippen LogP contribution in [0.1, 0.15) is 75.6 Å². The Kier molecular flexibility index (Phi) is 12.7. The van der Waals surface area contributed by atoms with E-state index in [0.717, 1.165) is 37.0 Å². The Morgan fingerprint density at radius 1 is 0.860 bits per heavy atom. The molecule has 0 atom stereocenters. The van der Waals surface area contributed by atoms with Gasteiger partial charge in [0.1, 0.15) is 28.7 Å². The first-order valence-corrected chi connectivity index (χ1v) is 18.0. The smallest absolute Gasteiger partial charge is 0.263 e. The fourth-order valence-corrected chi connectivity index (χ4v) is 7.68. The molecule has 3 aliphatic heterocycles. The Morgan fingerprint density at radius 3 is 2.24 bits per heavy atom. The maximum absolute atomic E-state index is 14.1. The number of unbranched alkanes of at least 4 members (excludes halogenated alkanes) is 4. The minimum absolute atomic E-state index is 0. The van der Waals surface area contributed by atoms with Crippen LogP contribution >= 0.6 is 0 Å². The molecule has 0 aliphatic carbocycles. The maximum Gasteiger partial charge on any atom is 0.263 e. The summed E-state index contributed by atoms with van der Waals surface area (Å²) in [5, 5.41) is 0.325. The molecule has 50 heavy (non-hydrogen) atoms. The Labute approximate surface area is 304 Å². The van der Waals surface area contributed by atoms with E-state index in [2.05, 4.69) is 0 Å². The Bertz CT molecular complexity index is 1810. The number of benzene rings is 3. The lowest BCUT2D eigenvalue weighted by Crippen LogP contribution is -3.00. The molecule has 0 radical (unpaired) electrons. The molecule has 3 aliphatic rings. The van der Waals surface area contributed by atoms with E-state index in [1.54, 1.807) is 23.6 Å². The highest BCUT2D eigenvalue weighted by Gasteiger charge is 2.38. The minimum atomic E-state index is -0.808. The first-order valence-electron chi connectivity index (χ1n) is 18.0. The predicted octanol–water partition coefficient (Wildman–Crippen LogP) is 5.30. The number of piperidine rings is 3. The highest BCUT2D eigenvalue weighted by molar-refractivity contribution is 6.07. The van der Waals surface area contributed by atoms with Crippen molar-refractivity contribution >= 4 is 22.5 Å². The number of anilines is 1. The number of pyridine rings is 1. The van der Waals surface area contributed by atoms with Gasteiger partial charge in [0.25, 0.3) is 5.91 Å². The number of carbonyl (C=O) groups excluding carboxylic acids is 1. The van der Waals surface area contributed by atoms with Gasteiger partial charge in [-0.25, -0.2) is 8.78 Å². The number of aromatic nitrogens is 1. The lowest BCUT2D eigenvalue weighted by molar-refractivity contribution is -0.942. The second-order valence-electron chi connectivity index (χ2n) is 13.6. The van der Waals surface area contributed by atoms with E-state index in [4.69, 9.17) is 9.47 Å². The number of amides is 1. The highest BCUT2D eigenvalue weighted by Crippen LogP contribution is 2.34. The number of nitrogens with zero attached hydrogens (tertiary/aromatic N) is 3. The van der Waals surface area contributed by atoms with E-state index in [0.29, 0.717) is 41.3 Å². The van der Waals surface area contributed by atoms with Gasteiger partial charge in [0, 0.05) is 47.7 Å². The minimum Gasteiger partial charge on any atom is -1.00 e. The van der Waals surface area contributed by atoms with Gasteiger partial charge in [-0.05, 0) is 94.7 Å². The van der Waals surface area contributed by atoms with Crippen LogP contribution in [0.2, 0.25) is 0 Å². The quantitative estimate of drug-likeness (QED) is 0.122. The summed E-state index contributed by atoms with van der Waals surface area (Å²) in [6, 6.07) is 15.6. The van der Waals surface area contributed by atoms with Gasteiger partial charge in [-0.3, -0.25) is 9.59 Å². The summed E-state index contributed by atoms with van der Waals surface area (Å²) in [6.45, 7) is 10.2. The Balaban J connectivity index is 0.00000486. The van der Waals surface area contributed by atoms with Gasteiger partial charge in [-0.2, -0.15) is 0 Å². The molecule has 268 valence electrons. The molecule has 3 saturated heterocycles. The van der Waals surface area contributed by atoms with Crippen LogP contribution in [0, 0.1) is 17.6 Å². The Morgan fingerprint density at radius 2 is 1.54 bits per heavy atom. The fourth-order valence-electron chi connectivity index (χ4n) is 7.68. The van der Waals surface area contributed by atoms with E-state index in [1.165, 1.54) is 80.3 Å². The number of rotatable bonds is 15. The molecular formula is C40H48BrF2N3O4. The largest absolute Gasteiger partial charge is 1.00 e. The Hall–Kier alpha value is -3.76. The SMILES string of the molecule is CCOc1cccc(-n2cc(C(=O)N(CC)c3cc(F)cc(F)c3)c(=O)c3ccc(OCCCCCCC[N+]45CCC(CC4)CC5)cc32)c1.[Br-]. The molecule has 7 nitrogen and oxygen atoms in total. The molecular weight excluding hydrogens is 704 g/mol. The van der Waals surface area contributed by atoms with Gasteiger partial charge in [0.05, 0.1) is 44.9 Å². The summed E-state index contributed by atoms with van der Waals surface area (Å²) >= 11 is 0. The molecule has 1 amide bonds. The van der Waals surface area contributed by atoms with Crippen molar-refractivity contribution in [2.75, 3.05) is 50.8 Å². The topological polar surface area (TPSA) is 60.8 Å². The van der Waals surface area contributed by atoms with E-state index in [-0.39, 0.29) is 34.8 Å². The number of carbonyl (C=O) groups is 1. The van der Waals surface area contributed by atoms with Gasteiger partial charge >= 0.3 is 0 Å². The van der Waals surface area contributed by atoms with E-state index >= 15 is 0 Å². The normalized spacial score (nSPS) is 18.1. The van der Waals surface area contributed by atoms with E-state index < -0.39 is 23.0 Å². The van der Waals surface area contributed by atoms with Crippen LogP contribution in [-0.4, -0.2) is 60.9 Å². The number of fused-ring (bicyclic) bond motifs is 4. The average Bonchev–Trinajstić information content (AvgIpc) is 3.10. The molecule has 2 bridgehead atoms. The third-order valence-electron chi connectivity index (χ3n) is 10.4. The monoisotopic (exact) mass is 751 g/mol. The summed E-state index contributed by atoms with van der Waals surface area (Å²) in [5.74, 6) is 0.00817. The first kappa shape index (κ1) is 37.5. The number of hydrogen-bond acceptors (Lipinski definition) is 4. The standard InChI is InChI=1S/C40H48F2N3O4.BrH/c1-3-43(33-24-30(41)23-31(42)25-33)40(47)37-28-44(32-11-10-12-34(26-32)48-4-2)38-27-35(13-14-36(38)39(37)46)49-22-9-7-5-6-8-18-45-19-15-29(16-20-45)17-21-45;/h10-14,23-29H,3-9,15-22H2,1-2H3;1H/q+1;/p-1. The summed E-state index contributed by atoms with van der Waals surface area (Å²) in [6.07, 6.45) is 11.6. The van der Waals surface area contributed by atoms with Crippen molar-refractivity contribution in [1.82, 2.24) is 4.57 Å². The second-order valence-corrected chi connectivity index (χ2v) is 13.6.